The molecule has 0 aliphatic heterocycles. The van der Waals surface area contributed by atoms with Crippen LogP contribution in [0.1, 0.15) is 12.5 Å². The number of aromatic nitrogens is 1. The molecule has 1 heterocycles. The summed E-state index contributed by atoms with van der Waals surface area (Å²) in [5, 5.41) is 2.65. The summed E-state index contributed by atoms with van der Waals surface area (Å²) in [6.07, 6.45) is 5.69. The Morgan fingerprint density at radius 3 is 2.83 bits per heavy atom. The Bertz CT molecular complexity index is 610. The van der Waals surface area contributed by atoms with Gasteiger partial charge in [-0.1, -0.05) is 59.8 Å². The summed E-state index contributed by atoms with van der Waals surface area (Å²) in [6.45, 7) is 1.57. The predicted octanol–water partition coefficient (Wildman–Crippen LogP) is 4.18. The zero-order valence-electron chi connectivity index (χ0n) is 9.89. The van der Waals surface area contributed by atoms with Crippen LogP contribution in [0, 0.1) is 0 Å². The zero-order valence-corrected chi connectivity index (χ0v) is 11.5. The first-order valence-corrected chi connectivity index (χ1v) is 6.88. The molecule has 2 aromatic rings. The second-order valence-electron chi connectivity index (χ2n) is 3.75. The third kappa shape index (κ3) is 3.12. The van der Waals surface area contributed by atoms with E-state index in [1.807, 2.05) is 36.4 Å². The van der Waals surface area contributed by atoms with Gasteiger partial charge in [-0.05, 0) is 5.39 Å². The van der Waals surface area contributed by atoms with Gasteiger partial charge in [-0.3, -0.25) is 4.79 Å². The largest absolute Gasteiger partial charge is 0.288 e. The van der Waals surface area contributed by atoms with E-state index in [1.54, 1.807) is 13.1 Å². The summed E-state index contributed by atoms with van der Waals surface area (Å²) >= 11 is 7.33. The number of hydrogen-bond donors (Lipinski definition) is 0. The number of hydrogen-bond acceptors (Lipinski definition) is 3. The Morgan fingerprint density at radius 2 is 2.11 bits per heavy atom. The Balaban J connectivity index is 2.29. The summed E-state index contributed by atoms with van der Waals surface area (Å²) < 4.78 is 0. The van der Waals surface area contributed by atoms with E-state index in [2.05, 4.69) is 4.98 Å². The number of rotatable bonds is 3. The highest BCUT2D eigenvalue weighted by molar-refractivity contribution is 8.13. The van der Waals surface area contributed by atoms with E-state index in [9.17, 15) is 4.79 Å². The maximum atomic E-state index is 10.8. The monoisotopic (exact) mass is 277 g/mol. The molecular formula is C14H12ClNOS. The van der Waals surface area contributed by atoms with Gasteiger partial charge in [-0.2, -0.15) is 0 Å². The second-order valence-corrected chi connectivity index (χ2v) is 5.31. The molecule has 0 unspecified atom stereocenters. The normalized spacial score (nSPS) is 11.2. The quantitative estimate of drug-likeness (QED) is 0.788. The van der Waals surface area contributed by atoms with E-state index < -0.39 is 0 Å². The van der Waals surface area contributed by atoms with Gasteiger partial charge >= 0.3 is 0 Å². The van der Waals surface area contributed by atoms with Crippen LogP contribution in [0.5, 0.6) is 0 Å². The molecule has 0 fully saturated rings. The molecule has 0 bridgehead atoms. The fourth-order valence-corrected chi connectivity index (χ4v) is 2.29. The molecule has 1 aromatic carbocycles. The van der Waals surface area contributed by atoms with Crippen molar-refractivity contribution < 1.29 is 4.79 Å². The zero-order chi connectivity index (χ0) is 13.0. The first-order chi connectivity index (χ1) is 8.68. The standard InChI is InChI=1S/C14H12ClNOS/c1-10(17)18-8-4-5-11-9-16-14(15)13-7-3-2-6-12(11)13/h2-7,9H,8H2,1H3. The molecule has 0 spiro atoms. The lowest BCUT2D eigenvalue weighted by Gasteiger charge is -2.03. The smallest absolute Gasteiger partial charge is 0.186 e. The third-order valence-electron chi connectivity index (χ3n) is 2.46. The SMILES string of the molecule is CC(=O)SCC=Cc1cnc(Cl)c2ccccc12. The number of carbonyl (C=O) groups excluding carboxylic acids is 1. The summed E-state index contributed by atoms with van der Waals surface area (Å²) in [6, 6.07) is 7.88. The molecular weight excluding hydrogens is 266 g/mol. The van der Waals surface area contributed by atoms with Crippen molar-refractivity contribution in [3.05, 3.63) is 47.3 Å². The topological polar surface area (TPSA) is 30.0 Å². The van der Waals surface area contributed by atoms with Crippen LogP contribution in [-0.2, 0) is 4.79 Å². The van der Waals surface area contributed by atoms with E-state index >= 15 is 0 Å². The molecule has 0 saturated carbocycles. The van der Waals surface area contributed by atoms with Crippen LogP contribution < -0.4 is 0 Å². The first-order valence-electron chi connectivity index (χ1n) is 5.51. The molecule has 92 valence electrons. The van der Waals surface area contributed by atoms with E-state index in [4.69, 9.17) is 11.6 Å². The summed E-state index contributed by atoms with van der Waals surface area (Å²) in [5.74, 6) is 0.673. The Labute approximate surface area is 115 Å². The number of pyridine rings is 1. The highest BCUT2D eigenvalue weighted by Crippen LogP contribution is 2.24. The van der Waals surface area contributed by atoms with E-state index in [-0.39, 0.29) is 5.12 Å². The van der Waals surface area contributed by atoms with Gasteiger partial charge in [-0.25, -0.2) is 4.98 Å². The van der Waals surface area contributed by atoms with Crippen LogP contribution in [0.3, 0.4) is 0 Å². The van der Waals surface area contributed by atoms with Crippen molar-refractivity contribution in [1.29, 1.82) is 0 Å². The van der Waals surface area contributed by atoms with Gasteiger partial charge < -0.3 is 0 Å². The van der Waals surface area contributed by atoms with Crippen LogP contribution in [0.4, 0.5) is 0 Å². The van der Waals surface area contributed by atoms with Crippen molar-refractivity contribution in [2.75, 3.05) is 5.75 Å². The van der Waals surface area contributed by atoms with Crippen molar-refractivity contribution in [3.8, 4) is 0 Å². The van der Waals surface area contributed by atoms with Crippen LogP contribution in [0.25, 0.3) is 16.8 Å². The predicted molar refractivity (Wildman–Crippen MR) is 78.9 cm³/mol. The average Bonchev–Trinajstić information content (AvgIpc) is 2.37. The third-order valence-corrected chi connectivity index (χ3v) is 3.52. The maximum absolute atomic E-state index is 10.8. The van der Waals surface area contributed by atoms with Crippen LogP contribution in [0.15, 0.2) is 36.5 Å². The van der Waals surface area contributed by atoms with Crippen molar-refractivity contribution in [2.45, 2.75) is 6.92 Å². The van der Waals surface area contributed by atoms with Gasteiger partial charge in [0.25, 0.3) is 0 Å². The summed E-state index contributed by atoms with van der Waals surface area (Å²) in [4.78, 5) is 15.0. The number of halogens is 1. The molecule has 0 aliphatic rings. The molecule has 0 amide bonds. The molecule has 0 saturated heterocycles. The van der Waals surface area contributed by atoms with Crippen LogP contribution >= 0.6 is 23.4 Å². The molecule has 2 rings (SSSR count). The molecule has 1 aromatic heterocycles. The van der Waals surface area contributed by atoms with Gasteiger partial charge in [0.15, 0.2) is 5.12 Å². The van der Waals surface area contributed by atoms with Crippen LogP contribution in [-0.4, -0.2) is 15.9 Å². The summed E-state index contributed by atoms with van der Waals surface area (Å²) in [5.41, 5.74) is 1.01. The van der Waals surface area contributed by atoms with E-state index in [0.717, 1.165) is 16.3 Å². The second kappa shape index (κ2) is 6.03. The van der Waals surface area contributed by atoms with Gasteiger partial charge in [-0.15, -0.1) is 0 Å². The molecule has 2 nitrogen and oxygen atoms in total. The van der Waals surface area contributed by atoms with E-state index in [1.165, 1.54) is 11.8 Å². The minimum absolute atomic E-state index is 0.124. The molecule has 18 heavy (non-hydrogen) atoms. The maximum Gasteiger partial charge on any atom is 0.186 e. The number of benzene rings is 1. The van der Waals surface area contributed by atoms with Gasteiger partial charge in [0.1, 0.15) is 5.15 Å². The number of thioether (sulfide) groups is 1. The Kier molecular flexibility index (Phi) is 4.39. The van der Waals surface area contributed by atoms with Crippen molar-refractivity contribution in [2.24, 2.45) is 0 Å². The summed E-state index contributed by atoms with van der Waals surface area (Å²) in [7, 11) is 0. The lowest BCUT2D eigenvalue weighted by molar-refractivity contribution is -0.109. The lowest BCUT2D eigenvalue weighted by atomic mass is 10.1. The fourth-order valence-electron chi connectivity index (χ4n) is 1.65. The Morgan fingerprint density at radius 1 is 1.39 bits per heavy atom. The molecule has 4 heteroatoms. The lowest BCUT2D eigenvalue weighted by Crippen LogP contribution is -1.85. The molecule has 0 N–H and O–H groups in total. The van der Waals surface area contributed by atoms with Crippen molar-refractivity contribution in [3.63, 3.8) is 0 Å². The molecule has 0 aliphatic carbocycles. The van der Waals surface area contributed by atoms with Gasteiger partial charge in [0.2, 0.25) is 0 Å². The van der Waals surface area contributed by atoms with Crippen LogP contribution in [0.2, 0.25) is 5.15 Å². The highest BCUT2D eigenvalue weighted by Gasteiger charge is 2.02. The van der Waals surface area contributed by atoms with Gasteiger partial charge in [0, 0.05) is 29.8 Å². The number of carbonyl (C=O) groups is 1. The van der Waals surface area contributed by atoms with E-state index in [0.29, 0.717) is 10.9 Å². The van der Waals surface area contributed by atoms with Crippen molar-refractivity contribution >= 4 is 45.3 Å². The van der Waals surface area contributed by atoms with Gasteiger partial charge in [0.05, 0.1) is 0 Å². The molecule has 0 atom stereocenters. The fraction of sp³-hybridized carbons (Fsp3) is 0.143. The van der Waals surface area contributed by atoms with Crippen molar-refractivity contribution in [1.82, 2.24) is 4.98 Å². The first kappa shape index (κ1) is 13.1. The highest BCUT2D eigenvalue weighted by atomic mass is 35.5. The average molecular weight is 278 g/mol. The number of nitrogens with zero attached hydrogens (tertiary/aromatic N) is 1. The molecule has 0 radical (unpaired) electrons. The minimum atomic E-state index is 0.124. The minimum Gasteiger partial charge on any atom is -0.288 e. The Hall–Kier alpha value is -1.32. The number of fused-ring (bicyclic) bond motifs is 1.